The predicted octanol–water partition coefficient (Wildman–Crippen LogP) is 3.29. The Kier molecular flexibility index (Phi) is 6.88. The van der Waals surface area contributed by atoms with E-state index in [1.807, 2.05) is 39.8 Å². The van der Waals surface area contributed by atoms with E-state index in [0.29, 0.717) is 12.5 Å². The van der Waals surface area contributed by atoms with Gasteiger partial charge >= 0.3 is 0 Å². The van der Waals surface area contributed by atoms with Crippen LogP contribution in [-0.2, 0) is 0 Å². The molecular weight excluding hydrogens is 269 g/mol. The van der Waals surface area contributed by atoms with Crippen LogP contribution in [0.1, 0.15) is 19.4 Å². The van der Waals surface area contributed by atoms with Crippen LogP contribution < -0.4 is 4.74 Å². The smallest absolute Gasteiger partial charge is 0.219 e. The van der Waals surface area contributed by atoms with Crippen LogP contribution in [0.25, 0.3) is 5.69 Å². The van der Waals surface area contributed by atoms with Gasteiger partial charge in [-0.3, -0.25) is 0 Å². The molecule has 0 bridgehead atoms. The Bertz CT molecular complexity index is 535. The fourth-order valence-corrected chi connectivity index (χ4v) is 1.69. The van der Waals surface area contributed by atoms with Crippen LogP contribution in [0.4, 0.5) is 4.39 Å². The second kappa shape index (κ2) is 8.42. The number of benzene rings is 1. The van der Waals surface area contributed by atoms with Gasteiger partial charge in [-0.15, -0.1) is 0 Å². The second-order valence-corrected chi connectivity index (χ2v) is 4.67. The SMILES string of the molecule is CC.Cc1cnn(-c2ccc(F)cc2)c1OCCN(C)C. The fourth-order valence-electron chi connectivity index (χ4n) is 1.69. The summed E-state index contributed by atoms with van der Waals surface area (Å²) in [4.78, 5) is 2.05. The summed E-state index contributed by atoms with van der Waals surface area (Å²) in [5.74, 6) is 0.441. The van der Waals surface area contributed by atoms with Crippen molar-refractivity contribution < 1.29 is 9.13 Å². The van der Waals surface area contributed by atoms with E-state index in [-0.39, 0.29) is 5.82 Å². The van der Waals surface area contributed by atoms with Crippen LogP contribution in [-0.4, -0.2) is 41.9 Å². The number of halogens is 1. The number of aryl methyl sites for hydroxylation is 1. The van der Waals surface area contributed by atoms with Crippen molar-refractivity contribution in [1.82, 2.24) is 14.7 Å². The maximum absolute atomic E-state index is 12.9. The predicted molar refractivity (Wildman–Crippen MR) is 83.7 cm³/mol. The first-order chi connectivity index (χ1) is 10.1. The van der Waals surface area contributed by atoms with Gasteiger partial charge in [0.2, 0.25) is 5.88 Å². The zero-order chi connectivity index (χ0) is 15.8. The number of likely N-dealkylation sites (N-methyl/N-ethyl adjacent to an activating group) is 1. The molecule has 0 atom stereocenters. The molecule has 4 nitrogen and oxygen atoms in total. The number of rotatable bonds is 5. The first kappa shape index (κ1) is 17.2. The third-order valence-electron chi connectivity index (χ3n) is 2.75. The lowest BCUT2D eigenvalue weighted by molar-refractivity contribution is 0.247. The maximum Gasteiger partial charge on any atom is 0.219 e. The Labute approximate surface area is 126 Å². The molecule has 21 heavy (non-hydrogen) atoms. The molecule has 0 amide bonds. The molecule has 1 aromatic carbocycles. The van der Waals surface area contributed by atoms with Crippen LogP contribution in [0, 0.1) is 12.7 Å². The minimum atomic E-state index is -0.261. The molecule has 0 aliphatic rings. The molecule has 0 radical (unpaired) electrons. The monoisotopic (exact) mass is 293 g/mol. The molecule has 0 aliphatic heterocycles. The minimum Gasteiger partial charge on any atom is -0.476 e. The minimum absolute atomic E-state index is 0.261. The Hall–Kier alpha value is -1.88. The third-order valence-corrected chi connectivity index (χ3v) is 2.75. The highest BCUT2D eigenvalue weighted by Crippen LogP contribution is 2.21. The van der Waals surface area contributed by atoms with Gasteiger partial charge in [0.15, 0.2) is 0 Å². The molecule has 0 N–H and O–H groups in total. The number of nitrogens with zero attached hydrogens (tertiary/aromatic N) is 3. The molecule has 2 rings (SSSR count). The number of hydrogen-bond donors (Lipinski definition) is 0. The molecule has 0 saturated heterocycles. The standard InChI is InChI=1S/C14H18FN3O.C2H6/c1-11-10-16-18(13-6-4-12(15)5-7-13)14(11)19-9-8-17(2)3;1-2/h4-7,10H,8-9H2,1-3H3;1-2H3. The summed E-state index contributed by atoms with van der Waals surface area (Å²) in [6, 6.07) is 6.19. The van der Waals surface area contributed by atoms with Gasteiger partial charge in [0.05, 0.1) is 11.9 Å². The molecular formula is C16H24FN3O. The van der Waals surface area contributed by atoms with Crippen molar-refractivity contribution in [2.75, 3.05) is 27.2 Å². The largest absolute Gasteiger partial charge is 0.476 e. The second-order valence-electron chi connectivity index (χ2n) is 4.67. The summed E-state index contributed by atoms with van der Waals surface area (Å²) in [7, 11) is 3.99. The van der Waals surface area contributed by atoms with E-state index < -0.39 is 0 Å². The fraction of sp³-hybridized carbons (Fsp3) is 0.438. The normalized spacial score (nSPS) is 10.2. The molecule has 5 heteroatoms. The number of aromatic nitrogens is 2. The molecule has 1 aromatic heterocycles. The lowest BCUT2D eigenvalue weighted by Crippen LogP contribution is -2.20. The Morgan fingerprint density at radius 2 is 1.81 bits per heavy atom. The van der Waals surface area contributed by atoms with E-state index in [4.69, 9.17) is 4.74 Å². The van der Waals surface area contributed by atoms with E-state index in [2.05, 4.69) is 5.10 Å². The first-order valence-corrected chi connectivity index (χ1v) is 7.16. The van der Waals surface area contributed by atoms with Crippen molar-refractivity contribution >= 4 is 0 Å². The van der Waals surface area contributed by atoms with Gasteiger partial charge < -0.3 is 9.64 Å². The summed E-state index contributed by atoms with van der Waals surface area (Å²) < 4.78 is 20.4. The molecule has 0 spiro atoms. The maximum atomic E-state index is 12.9. The van der Waals surface area contributed by atoms with E-state index >= 15 is 0 Å². The van der Waals surface area contributed by atoms with Crippen molar-refractivity contribution in [3.8, 4) is 11.6 Å². The van der Waals surface area contributed by atoms with Crippen molar-refractivity contribution in [3.05, 3.63) is 41.8 Å². The summed E-state index contributed by atoms with van der Waals surface area (Å²) in [6.45, 7) is 7.35. The summed E-state index contributed by atoms with van der Waals surface area (Å²) in [5, 5.41) is 4.27. The summed E-state index contributed by atoms with van der Waals surface area (Å²) >= 11 is 0. The average molecular weight is 293 g/mol. The van der Waals surface area contributed by atoms with Gasteiger partial charge in [-0.1, -0.05) is 13.8 Å². The highest BCUT2D eigenvalue weighted by molar-refractivity contribution is 5.37. The van der Waals surface area contributed by atoms with Crippen LogP contribution in [0.15, 0.2) is 30.5 Å². The zero-order valence-electron chi connectivity index (χ0n) is 13.4. The lowest BCUT2D eigenvalue weighted by atomic mass is 10.3. The lowest BCUT2D eigenvalue weighted by Gasteiger charge is -2.13. The molecule has 0 unspecified atom stereocenters. The molecule has 0 fully saturated rings. The average Bonchev–Trinajstić information content (AvgIpc) is 2.83. The van der Waals surface area contributed by atoms with E-state index in [1.165, 1.54) is 12.1 Å². The Morgan fingerprint density at radius 1 is 1.19 bits per heavy atom. The number of hydrogen-bond acceptors (Lipinski definition) is 3. The van der Waals surface area contributed by atoms with Crippen LogP contribution in [0.5, 0.6) is 5.88 Å². The molecule has 1 heterocycles. The Balaban J connectivity index is 0.00000106. The van der Waals surface area contributed by atoms with Crippen molar-refractivity contribution in [2.45, 2.75) is 20.8 Å². The van der Waals surface area contributed by atoms with Gasteiger partial charge in [-0.2, -0.15) is 5.10 Å². The van der Waals surface area contributed by atoms with E-state index in [9.17, 15) is 4.39 Å². The molecule has 0 saturated carbocycles. The van der Waals surface area contributed by atoms with Crippen molar-refractivity contribution in [2.24, 2.45) is 0 Å². The van der Waals surface area contributed by atoms with E-state index in [0.717, 1.165) is 17.8 Å². The number of ether oxygens (including phenoxy) is 1. The zero-order valence-corrected chi connectivity index (χ0v) is 13.4. The van der Waals surface area contributed by atoms with Gasteiger partial charge in [0, 0.05) is 12.1 Å². The Morgan fingerprint density at radius 3 is 2.38 bits per heavy atom. The van der Waals surface area contributed by atoms with E-state index in [1.54, 1.807) is 23.0 Å². The topological polar surface area (TPSA) is 30.3 Å². The highest BCUT2D eigenvalue weighted by atomic mass is 19.1. The molecule has 0 aliphatic carbocycles. The van der Waals surface area contributed by atoms with Gasteiger partial charge in [0.25, 0.3) is 0 Å². The van der Waals surface area contributed by atoms with Gasteiger partial charge in [0.1, 0.15) is 12.4 Å². The van der Waals surface area contributed by atoms with Gasteiger partial charge in [-0.25, -0.2) is 9.07 Å². The van der Waals surface area contributed by atoms with Crippen molar-refractivity contribution in [1.29, 1.82) is 0 Å². The highest BCUT2D eigenvalue weighted by Gasteiger charge is 2.10. The third kappa shape index (κ3) is 4.86. The van der Waals surface area contributed by atoms with Crippen molar-refractivity contribution in [3.63, 3.8) is 0 Å². The summed E-state index contributed by atoms with van der Waals surface area (Å²) in [5.41, 5.74) is 1.75. The first-order valence-electron chi connectivity index (χ1n) is 7.16. The van der Waals surface area contributed by atoms with Crippen LogP contribution >= 0.6 is 0 Å². The molecule has 2 aromatic rings. The molecule has 116 valence electrons. The van der Waals surface area contributed by atoms with Crippen LogP contribution in [0.3, 0.4) is 0 Å². The van der Waals surface area contributed by atoms with Crippen LogP contribution in [0.2, 0.25) is 0 Å². The van der Waals surface area contributed by atoms with Gasteiger partial charge in [-0.05, 0) is 45.3 Å². The quantitative estimate of drug-likeness (QED) is 0.847. The summed E-state index contributed by atoms with van der Waals surface area (Å²) in [6.07, 6.45) is 1.74.